The van der Waals surface area contributed by atoms with Gasteiger partial charge in [0.05, 0.1) is 0 Å². The molecule has 0 atom stereocenters. The molecule has 0 radical (unpaired) electrons. The Labute approximate surface area is 157 Å². The third-order valence-electron chi connectivity index (χ3n) is 4.95. The summed E-state index contributed by atoms with van der Waals surface area (Å²) in [7, 11) is 0. The molecule has 27 heavy (non-hydrogen) atoms. The van der Waals surface area contributed by atoms with Crippen LogP contribution in [0.4, 0.5) is 0 Å². The topological polar surface area (TPSA) is 76.4 Å². The van der Waals surface area contributed by atoms with Crippen LogP contribution in [0, 0.1) is 0 Å². The van der Waals surface area contributed by atoms with Gasteiger partial charge in [-0.25, -0.2) is 0 Å². The highest BCUT2D eigenvalue weighted by Gasteiger charge is 2.14. The SMILES string of the molecule is CC(=O)c1ccc2c(c1)c1cc(C(C)=O)ccc1n2CCCCCC(=O)O. The van der Waals surface area contributed by atoms with Gasteiger partial charge in [0.1, 0.15) is 0 Å². The van der Waals surface area contributed by atoms with E-state index in [9.17, 15) is 14.4 Å². The van der Waals surface area contributed by atoms with Gasteiger partial charge in [0.2, 0.25) is 0 Å². The zero-order valence-electron chi connectivity index (χ0n) is 15.6. The maximum absolute atomic E-state index is 11.8. The van der Waals surface area contributed by atoms with Crippen LogP contribution in [0.25, 0.3) is 21.8 Å². The minimum atomic E-state index is -0.764. The predicted octanol–water partition coefficient (Wildman–Crippen LogP) is 4.84. The summed E-state index contributed by atoms with van der Waals surface area (Å²) in [6.07, 6.45) is 2.56. The Bertz CT molecular complexity index is 974. The number of hydrogen-bond donors (Lipinski definition) is 1. The van der Waals surface area contributed by atoms with Crippen molar-refractivity contribution in [3.63, 3.8) is 0 Å². The van der Waals surface area contributed by atoms with Crippen LogP contribution in [-0.4, -0.2) is 27.2 Å². The number of carbonyl (C=O) groups excluding carboxylic acids is 2. The molecule has 0 unspecified atom stereocenters. The lowest BCUT2D eigenvalue weighted by Crippen LogP contribution is -2.00. The lowest BCUT2D eigenvalue weighted by Gasteiger charge is -2.08. The van der Waals surface area contributed by atoms with Crippen molar-refractivity contribution in [2.24, 2.45) is 0 Å². The number of carboxylic acid groups (broad SMARTS) is 1. The molecular weight excluding hydrogens is 342 g/mol. The molecule has 0 fully saturated rings. The van der Waals surface area contributed by atoms with E-state index in [1.165, 1.54) is 0 Å². The third kappa shape index (κ3) is 3.92. The molecule has 5 heteroatoms. The summed E-state index contributed by atoms with van der Waals surface area (Å²) in [5, 5.41) is 10.7. The summed E-state index contributed by atoms with van der Waals surface area (Å²) in [4.78, 5) is 34.2. The van der Waals surface area contributed by atoms with Gasteiger partial charge in [0.25, 0.3) is 0 Å². The molecule has 1 heterocycles. The van der Waals surface area contributed by atoms with E-state index in [0.717, 1.165) is 41.2 Å². The minimum Gasteiger partial charge on any atom is -0.481 e. The Morgan fingerprint density at radius 2 is 1.33 bits per heavy atom. The van der Waals surface area contributed by atoms with Gasteiger partial charge in [0, 0.05) is 45.9 Å². The Hall–Kier alpha value is -2.95. The van der Waals surface area contributed by atoms with Crippen molar-refractivity contribution < 1.29 is 19.5 Å². The number of nitrogens with zero attached hydrogens (tertiary/aromatic N) is 1. The number of carboxylic acids is 1. The quantitative estimate of drug-likeness (QED) is 0.457. The number of aliphatic carboxylic acids is 1. The molecule has 0 saturated heterocycles. The van der Waals surface area contributed by atoms with Crippen molar-refractivity contribution in [2.75, 3.05) is 0 Å². The first-order valence-electron chi connectivity index (χ1n) is 9.18. The average Bonchev–Trinajstić information content (AvgIpc) is 2.93. The highest BCUT2D eigenvalue weighted by molar-refractivity contribution is 6.12. The second-order valence-corrected chi connectivity index (χ2v) is 6.93. The highest BCUT2D eigenvalue weighted by atomic mass is 16.4. The molecule has 0 spiro atoms. The number of hydrogen-bond acceptors (Lipinski definition) is 3. The van der Waals surface area contributed by atoms with Crippen LogP contribution in [-0.2, 0) is 11.3 Å². The number of Topliss-reactive ketones (excluding diaryl/α,β-unsaturated/α-hetero) is 2. The molecule has 0 aliphatic carbocycles. The zero-order chi connectivity index (χ0) is 19.6. The zero-order valence-corrected chi connectivity index (χ0v) is 15.6. The molecule has 5 nitrogen and oxygen atoms in total. The van der Waals surface area contributed by atoms with Crippen molar-refractivity contribution in [2.45, 2.75) is 46.1 Å². The molecule has 2 aromatic carbocycles. The second-order valence-electron chi connectivity index (χ2n) is 6.93. The predicted molar refractivity (Wildman–Crippen MR) is 106 cm³/mol. The van der Waals surface area contributed by atoms with Crippen molar-refractivity contribution in [1.82, 2.24) is 4.57 Å². The molecule has 0 aliphatic rings. The molecule has 0 bridgehead atoms. The van der Waals surface area contributed by atoms with E-state index in [1.54, 1.807) is 13.8 Å². The van der Waals surface area contributed by atoms with Gasteiger partial charge < -0.3 is 9.67 Å². The third-order valence-corrected chi connectivity index (χ3v) is 4.95. The maximum Gasteiger partial charge on any atom is 0.303 e. The minimum absolute atomic E-state index is 0.00851. The van der Waals surface area contributed by atoms with E-state index < -0.39 is 5.97 Å². The van der Waals surface area contributed by atoms with Crippen molar-refractivity contribution >= 4 is 39.3 Å². The van der Waals surface area contributed by atoms with Crippen LogP contribution in [0.3, 0.4) is 0 Å². The van der Waals surface area contributed by atoms with Gasteiger partial charge in [-0.3, -0.25) is 14.4 Å². The number of carbonyl (C=O) groups is 3. The molecule has 0 aliphatic heterocycles. The summed E-state index contributed by atoms with van der Waals surface area (Å²) in [6, 6.07) is 11.4. The number of unbranched alkanes of at least 4 members (excludes halogenated alkanes) is 2. The van der Waals surface area contributed by atoms with Crippen LogP contribution < -0.4 is 0 Å². The first-order chi connectivity index (χ1) is 12.9. The largest absolute Gasteiger partial charge is 0.481 e. The molecular formula is C22H23NO4. The van der Waals surface area contributed by atoms with Crippen LogP contribution in [0.1, 0.15) is 60.2 Å². The van der Waals surface area contributed by atoms with Crippen molar-refractivity contribution in [1.29, 1.82) is 0 Å². The number of fused-ring (bicyclic) bond motifs is 3. The molecule has 3 rings (SSSR count). The van der Waals surface area contributed by atoms with E-state index in [1.807, 2.05) is 36.4 Å². The second kappa shape index (κ2) is 7.74. The molecule has 0 amide bonds. The van der Waals surface area contributed by atoms with Gasteiger partial charge in [-0.2, -0.15) is 0 Å². The highest BCUT2D eigenvalue weighted by Crippen LogP contribution is 2.31. The normalized spacial score (nSPS) is 11.2. The maximum atomic E-state index is 11.8. The molecule has 3 aromatic rings. The summed E-state index contributed by atoms with van der Waals surface area (Å²) in [5.41, 5.74) is 3.34. The molecule has 1 aromatic heterocycles. The number of aryl methyl sites for hydroxylation is 1. The van der Waals surface area contributed by atoms with E-state index >= 15 is 0 Å². The standard InChI is InChI=1S/C22H23NO4/c1-14(24)16-7-9-20-18(12-16)19-13-17(15(2)25)8-10-21(19)23(20)11-5-3-4-6-22(26)27/h7-10,12-13H,3-6,11H2,1-2H3,(H,26,27). The fraction of sp³-hybridized carbons (Fsp3) is 0.318. The van der Waals surface area contributed by atoms with Crippen LogP contribution in [0.2, 0.25) is 0 Å². The van der Waals surface area contributed by atoms with Crippen molar-refractivity contribution in [3.05, 3.63) is 47.5 Å². The monoisotopic (exact) mass is 365 g/mol. The van der Waals surface area contributed by atoms with Gasteiger partial charge in [-0.1, -0.05) is 6.42 Å². The Morgan fingerprint density at radius 3 is 1.78 bits per heavy atom. The number of aromatic nitrogens is 1. The first-order valence-corrected chi connectivity index (χ1v) is 9.18. The van der Waals surface area contributed by atoms with E-state index in [0.29, 0.717) is 17.5 Å². The Morgan fingerprint density at radius 1 is 0.815 bits per heavy atom. The van der Waals surface area contributed by atoms with Crippen LogP contribution in [0.5, 0.6) is 0 Å². The Balaban J connectivity index is 2.03. The number of rotatable bonds is 8. The lowest BCUT2D eigenvalue weighted by atomic mass is 10.0. The number of ketones is 2. The van der Waals surface area contributed by atoms with Crippen molar-refractivity contribution in [3.8, 4) is 0 Å². The molecule has 0 saturated carbocycles. The summed E-state index contributed by atoms with van der Waals surface area (Å²) < 4.78 is 2.19. The van der Waals surface area contributed by atoms with Crippen LogP contribution in [0.15, 0.2) is 36.4 Å². The molecule has 1 N–H and O–H groups in total. The van der Waals surface area contributed by atoms with Gasteiger partial charge in [-0.05, 0) is 63.1 Å². The summed E-state index contributed by atoms with van der Waals surface area (Å²) >= 11 is 0. The van der Waals surface area contributed by atoms with E-state index in [2.05, 4.69) is 4.57 Å². The molecule has 140 valence electrons. The van der Waals surface area contributed by atoms with Crippen LogP contribution >= 0.6 is 0 Å². The first kappa shape index (κ1) is 18.8. The van der Waals surface area contributed by atoms with E-state index in [-0.39, 0.29) is 18.0 Å². The smallest absolute Gasteiger partial charge is 0.303 e. The summed E-state index contributed by atoms with van der Waals surface area (Å²) in [5.74, 6) is -0.747. The number of benzene rings is 2. The fourth-order valence-corrected chi connectivity index (χ4v) is 3.51. The lowest BCUT2D eigenvalue weighted by molar-refractivity contribution is -0.137. The fourth-order valence-electron chi connectivity index (χ4n) is 3.51. The van der Waals surface area contributed by atoms with Gasteiger partial charge in [0.15, 0.2) is 11.6 Å². The summed E-state index contributed by atoms with van der Waals surface area (Å²) in [6.45, 7) is 3.85. The van der Waals surface area contributed by atoms with Gasteiger partial charge in [-0.15, -0.1) is 0 Å². The average molecular weight is 365 g/mol. The Kier molecular flexibility index (Phi) is 5.40. The van der Waals surface area contributed by atoms with Gasteiger partial charge >= 0.3 is 5.97 Å². The van der Waals surface area contributed by atoms with E-state index in [4.69, 9.17) is 5.11 Å².